The number of aliphatic hydroxyl groups excluding tert-OH is 1. The third-order valence-electron chi connectivity index (χ3n) is 3.40. The normalized spacial score (nSPS) is 11.9. The molecule has 1 amide bonds. The summed E-state index contributed by atoms with van der Waals surface area (Å²) in [5.41, 5.74) is 1.80. The van der Waals surface area contributed by atoms with Gasteiger partial charge in [-0.05, 0) is 23.6 Å². The van der Waals surface area contributed by atoms with E-state index in [2.05, 4.69) is 5.32 Å². The van der Waals surface area contributed by atoms with E-state index in [1.165, 1.54) is 0 Å². The van der Waals surface area contributed by atoms with Gasteiger partial charge in [-0.1, -0.05) is 60.1 Å². The van der Waals surface area contributed by atoms with E-state index < -0.39 is 0 Å². The molecule has 0 aromatic heterocycles. The maximum Gasteiger partial charge on any atom is 0.246 e. The van der Waals surface area contributed by atoms with Crippen LogP contribution in [-0.4, -0.2) is 24.2 Å². The summed E-state index contributed by atoms with van der Waals surface area (Å²) in [5, 5.41) is 12.7. The Balaban J connectivity index is 1.84. The molecule has 23 heavy (non-hydrogen) atoms. The Kier molecular flexibility index (Phi) is 7.07. The lowest BCUT2D eigenvalue weighted by molar-refractivity contribution is -0.127. The first-order valence-corrected chi connectivity index (χ1v) is 7.85. The lowest BCUT2D eigenvalue weighted by Crippen LogP contribution is -2.32. The van der Waals surface area contributed by atoms with E-state index in [1.54, 1.807) is 6.07 Å². The highest BCUT2D eigenvalue weighted by molar-refractivity contribution is 6.31. The first-order valence-electron chi connectivity index (χ1n) is 7.47. The molecule has 0 bridgehead atoms. The highest BCUT2D eigenvalue weighted by Crippen LogP contribution is 2.17. The second-order valence-corrected chi connectivity index (χ2v) is 5.53. The first-order chi connectivity index (χ1) is 11.2. The van der Waals surface area contributed by atoms with Gasteiger partial charge < -0.3 is 15.2 Å². The van der Waals surface area contributed by atoms with Crippen molar-refractivity contribution in [2.45, 2.75) is 19.1 Å². The van der Waals surface area contributed by atoms with Crippen molar-refractivity contribution in [2.75, 3.05) is 13.2 Å². The first kappa shape index (κ1) is 17.5. The minimum absolute atomic E-state index is 0.000319. The third-order valence-corrected chi connectivity index (χ3v) is 3.77. The Labute approximate surface area is 141 Å². The molecule has 0 saturated carbocycles. The van der Waals surface area contributed by atoms with Crippen molar-refractivity contribution in [1.29, 1.82) is 0 Å². The number of rotatable bonds is 8. The maximum absolute atomic E-state index is 12.0. The molecule has 1 atom stereocenters. The highest BCUT2D eigenvalue weighted by atomic mass is 35.5. The molecule has 5 heteroatoms. The zero-order chi connectivity index (χ0) is 16.5. The molecule has 2 aromatic carbocycles. The molecule has 0 heterocycles. The minimum atomic E-state index is -0.224. The summed E-state index contributed by atoms with van der Waals surface area (Å²) in [5.74, 6) is -0.223. The van der Waals surface area contributed by atoms with Gasteiger partial charge >= 0.3 is 0 Å². The van der Waals surface area contributed by atoms with E-state index in [9.17, 15) is 4.79 Å². The van der Waals surface area contributed by atoms with Gasteiger partial charge in [0.2, 0.25) is 5.91 Å². The smallest absolute Gasteiger partial charge is 0.246 e. The van der Waals surface area contributed by atoms with Gasteiger partial charge in [-0.25, -0.2) is 0 Å². The van der Waals surface area contributed by atoms with E-state index in [-0.39, 0.29) is 31.8 Å². The van der Waals surface area contributed by atoms with Crippen LogP contribution >= 0.6 is 11.6 Å². The van der Waals surface area contributed by atoms with Crippen molar-refractivity contribution in [1.82, 2.24) is 5.32 Å². The molecule has 0 fully saturated rings. The van der Waals surface area contributed by atoms with E-state index in [0.717, 1.165) is 11.1 Å². The van der Waals surface area contributed by atoms with E-state index >= 15 is 0 Å². The van der Waals surface area contributed by atoms with Gasteiger partial charge in [0.25, 0.3) is 0 Å². The Morgan fingerprint density at radius 2 is 1.83 bits per heavy atom. The van der Waals surface area contributed by atoms with Crippen LogP contribution in [0.3, 0.4) is 0 Å². The van der Waals surface area contributed by atoms with E-state index in [4.69, 9.17) is 21.4 Å². The molecule has 4 nitrogen and oxygen atoms in total. The van der Waals surface area contributed by atoms with Crippen molar-refractivity contribution in [3.8, 4) is 0 Å². The lowest BCUT2D eigenvalue weighted by atomic mass is 10.0. The molecule has 2 N–H and O–H groups in total. The summed E-state index contributed by atoms with van der Waals surface area (Å²) in [7, 11) is 0. The Morgan fingerprint density at radius 1 is 1.13 bits per heavy atom. The van der Waals surface area contributed by atoms with Crippen molar-refractivity contribution in [3.63, 3.8) is 0 Å². The van der Waals surface area contributed by atoms with Crippen molar-refractivity contribution >= 4 is 17.5 Å². The molecule has 0 saturated heterocycles. The van der Waals surface area contributed by atoms with Crippen LogP contribution in [0.15, 0.2) is 54.6 Å². The number of amides is 1. The van der Waals surface area contributed by atoms with Gasteiger partial charge in [-0.3, -0.25) is 4.79 Å². The highest BCUT2D eigenvalue weighted by Gasteiger charge is 2.14. The summed E-state index contributed by atoms with van der Waals surface area (Å²) < 4.78 is 5.42. The quantitative estimate of drug-likeness (QED) is 0.780. The zero-order valence-corrected chi connectivity index (χ0v) is 13.5. The minimum Gasteiger partial charge on any atom is -0.396 e. The van der Waals surface area contributed by atoms with Crippen molar-refractivity contribution < 1.29 is 14.6 Å². The number of carbonyl (C=O) groups excluding carboxylic acids is 1. The Bertz CT molecular complexity index is 619. The number of benzene rings is 2. The van der Waals surface area contributed by atoms with Crippen LogP contribution in [0.2, 0.25) is 5.02 Å². The van der Waals surface area contributed by atoms with Crippen LogP contribution in [0.25, 0.3) is 0 Å². The molecular weight excluding hydrogens is 314 g/mol. The molecule has 0 aliphatic heterocycles. The van der Waals surface area contributed by atoms with Gasteiger partial charge in [0.1, 0.15) is 6.61 Å². The molecular formula is C18H20ClNO3. The number of carbonyl (C=O) groups is 1. The van der Waals surface area contributed by atoms with Gasteiger partial charge in [0.05, 0.1) is 12.6 Å². The largest absolute Gasteiger partial charge is 0.396 e. The van der Waals surface area contributed by atoms with Gasteiger partial charge in [0, 0.05) is 11.6 Å². The van der Waals surface area contributed by atoms with Gasteiger partial charge in [-0.15, -0.1) is 0 Å². The molecule has 0 spiro atoms. The number of halogens is 1. The molecule has 0 radical (unpaired) electrons. The molecule has 0 aliphatic carbocycles. The van der Waals surface area contributed by atoms with Crippen LogP contribution in [0.4, 0.5) is 0 Å². The average Bonchev–Trinajstić information content (AvgIpc) is 2.57. The summed E-state index contributed by atoms with van der Waals surface area (Å²) >= 11 is 6.04. The summed E-state index contributed by atoms with van der Waals surface area (Å²) in [6, 6.07) is 16.7. The topological polar surface area (TPSA) is 58.6 Å². The van der Waals surface area contributed by atoms with Gasteiger partial charge in [-0.2, -0.15) is 0 Å². The molecule has 2 rings (SSSR count). The number of hydrogen-bond acceptors (Lipinski definition) is 3. The predicted molar refractivity (Wildman–Crippen MR) is 90.1 cm³/mol. The number of nitrogens with one attached hydrogen (secondary N) is 1. The van der Waals surface area contributed by atoms with E-state index in [0.29, 0.717) is 11.4 Å². The third kappa shape index (κ3) is 5.67. The molecule has 0 aliphatic rings. The molecule has 1 unspecified atom stereocenters. The zero-order valence-electron chi connectivity index (χ0n) is 12.7. The van der Waals surface area contributed by atoms with Crippen LogP contribution in [-0.2, 0) is 16.1 Å². The van der Waals surface area contributed by atoms with Crippen LogP contribution in [0.5, 0.6) is 0 Å². The number of ether oxygens (including phenoxy) is 1. The second kappa shape index (κ2) is 9.30. The molecule has 2 aromatic rings. The van der Waals surface area contributed by atoms with Crippen LogP contribution in [0, 0.1) is 0 Å². The molecule has 122 valence electrons. The van der Waals surface area contributed by atoms with Crippen molar-refractivity contribution in [3.05, 3.63) is 70.7 Å². The van der Waals surface area contributed by atoms with E-state index in [1.807, 2.05) is 48.5 Å². The fraction of sp³-hybridized carbons (Fsp3) is 0.278. The predicted octanol–water partition coefficient (Wildman–Crippen LogP) is 3.10. The summed E-state index contributed by atoms with van der Waals surface area (Å²) in [6.45, 7) is 0.226. The van der Waals surface area contributed by atoms with Crippen molar-refractivity contribution in [2.24, 2.45) is 0 Å². The monoisotopic (exact) mass is 333 g/mol. The fourth-order valence-corrected chi connectivity index (χ4v) is 2.43. The SMILES string of the molecule is O=C(COCc1ccccc1Cl)NC(CCO)c1ccccc1. The Hall–Kier alpha value is -1.88. The summed E-state index contributed by atoms with van der Waals surface area (Å²) in [4.78, 5) is 12.0. The maximum atomic E-state index is 12.0. The Morgan fingerprint density at radius 3 is 2.52 bits per heavy atom. The van der Waals surface area contributed by atoms with Crippen LogP contribution in [0.1, 0.15) is 23.6 Å². The fourth-order valence-electron chi connectivity index (χ4n) is 2.24. The standard InChI is InChI=1S/C18H20ClNO3/c19-16-9-5-4-8-15(16)12-23-13-18(22)20-17(10-11-21)14-6-2-1-3-7-14/h1-9,17,21H,10-13H2,(H,20,22). The average molecular weight is 334 g/mol. The lowest BCUT2D eigenvalue weighted by Gasteiger charge is -2.18. The number of aliphatic hydroxyl groups is 1. The van der Waals surface area contributed by atoms with Gasteiger partial charge in [0.15, 0.2) is 0 Å². The number of hydrogen-bond donors (Lipinski definition) is 2. The second-order valence-electron chi connectivity index (χ2n) is 5.13. The van der Waals surface area contributed by atoms with Crippen LogP contribution < -0.4 is 5.32 Å². The summed E-state index contributed by atoms with van der Waals surface area (Å²) in [6.07, 6.45) is 0.459.